The van der Waals surface area contributed by atoms with Gasteiger partial charge in [0, 0.05) is 25.6 Å². The van der Waals surface area contributed by atoms with Crippen LogP contribution in [-0.2, 0) is 16.1 Å². The highest BCUT2D eigenvalue weighted by molar-refractivity contribution is 9.10. The highest BCUT2D eigenvalue weighted by atomic mass is 79.9. The van der Waals surface area contributed by atoms with Crippen LogP contribution in [0.1, 0.15) is 11.1 Å². The van der Waals surface area contributed by atoms with E-state index >= 15 is 0 Å². The molecule has 2 aromatic carbocycles. The molecule has 0 amide bonds. The number of carbonyl (C=O) groups excluding carboxylic acids is 1. The molecule has 0 spiro atoms. The van der Waals surface area contributed by atoms with E-state index in [4.69, 9.17) is 33.2 Å². The van der Waals surface area contributed by atoms with Crippen molar-refractivity contribution in [1.82, 2.24) is 0 Å². The van der Waals surface area contributed by atoms with Crippen LogP contribution in [0.4, 0.5) is 0 Å². The minimum Gasteiger partial charge on any atom is -0.488 e. The molecule has 0 saturated carbocycles. The summed E-state index contributed by atoms with van der Waals surface area (Å²) in [5.41, 5.74) is 1.05. The summed E-state index contributed by atoms with van der Waals surface area (Å²) in [6, 6.07) is 12.2. The molecule has 2 aromatic rings. The zero-order chi connectivity index (χ0) is 18.4. The molecular formula is C18H12BrCl2NO3. The molecular weight excluding hydrogens is 429 g/mol. The van der Waals surface area contributed by atoms with E-state index in [1.807, 2.05) is 6.07 Å². The molecule has 4 nitrogen and oxygen atoms in total. The summed E-state index contributed by atoms with van der Waals surface area (Å²) in [7, 11) is 1.21. The van der Waals surface area contributed by atoms with Crippen molar-refractivity contribution in [2.75, 3.05) is 7.11 Å². The first kappa shape index (κ1) is 19.3. The monoisotopic (exact) mass is 439 g/mol. The van der Waals surface area contributed by atoms with Gasteiger partial charge in [0.15, 0.2) is 0 Å². The maximum Gasteiger partial charge on any atom is 0.348 e. The van der Waals surface area contributed by atoms with E-state index in [0.29, 0.717) is 26.9 Å². The molecule has 0 aromatic heterocycles. The summed E-state index contributed by atoms with van der Waals surface area (Å²) in [6.07, 6.45) is 1.40. The fourth-order valence-electron chi connectivity index (χ4n) is 1.99. The van der Waals surface area contributed by atoms with Crippen LogP contribution >= 0.6 is 39.1 Å². The number of methoxy groups -OCH3 is 1. The van der Waals surface area contributed by atoms with Gasteiger partial charge in [0.2, 0.25) is 0 Å². The number of ether oxygens (including phenoxy) is 2. The first-order valence-corrected chi connectivity index (χ1v) is 8.56. The lowest BCUT2D eigenvalue weighted by atomic mass is 10.1. The van der Waals surface area contributed by atoms with Crippen molar-refractivity contribution in [1.29, 1.82) is 5.26 Å². The van der Waals surface area contributed by atoms with Crippen LogP contribution in [-0.4, -0.2) is 13.1 Å². The van der Waals surface area contributed by atoms with E-state index < -0.39 is 5.97 Å². The highest BCUT2D eigenvalue weighted by Gasteiger charge is 2.12. The van der Waals surface area contributed by atoms with Gasteiger partial charge < -0.3 is 9.47 Å². The summed E-state index contributed by atoms with van der Waals surface area (Å²) in [5, 5.41) is 10.1. The predicted molar refractivity (Wildman–Crippen MR) is 101 cm³/mol. The molecule has 0 radical (unpaired) electrons. The van der Waals surface area contributed by atoms with Gasteiger partial charge in [0.1, 0.15) is 24.0 Å². The van der Waals surface area contributed by atoms with Crippen molar-refractivity contribution in [2.45, 2.75) is 6.61 Å². The molecule has 0 bridgehead atoms. The van der Waals surface area contributed by atoms with Gasteiger partial charge in [-0.3, -0.25) is 0 Å². The Kier molecular flexibility index (Phi) is 6.89. The van der Waals surface area contributed by atoms with E-state index in [-0.39, 0.29) is 12.2 Å². The first-order valence-electron chi connectivity index (χ1n) is 7.01. The molecule has 0 saturated heterocycles. The zero-order valence-corrected chi connectivity index (χ0v) is 16.2. The lowest BCUT2D eigenvalue weighted by Gasteiger charge is -2.12. The fraction of sp³-hybridized carbons (Fsp3) is 0.111. The summed E-state index contributed by atoms with van der Waals surface area (Å²) >= 11 is 15.6. The number of esters is 1. The Morgan fingerprint density at radius 1 is 1.28 bits per heavy atom. The molecule has 0 N–H and O–H groups in total. The Morgan fingerprint density at radius 2 is 1.96 bits per heavy atom. The van der Waals surface area contributed by atoms with E-state index in [1.165, 1.54) is 13.2 Å². The van der Waals surface area contributed by atoms with Crippen molar-refractivity contribution in [3.63, 3.8) is 0 Å². The third-order valence-electron chi connectivity index (χ3n) is 3.23. The lowest BCUT2D eigenvalue weighted by molar-refractivity contribution is -0.135. The third-order valence-corrected chi connectivity index (χ3v) is 4.43. The summed E-state index contributed by atoms with van der Waals surface area (Å²) in [4.78, 5) is 11.6. The maximum atomic E-state index is 11.6. The molecule has 0 unspecified atom stereocenters. The van der Waals surface area contributed by atoms with Crippen molar-refractivity contribution in [3.8, 4) is 11.8 Å². The van der Waals surface area contributed by atoms with Crippen LogP contribution in [0.15, 0.2) is 46.4 Å². The van der Waals surface area contributed by atoms with Gasteiger partial charge in [0.25, 0.3) is 0 Å². The van der Waals surface area contributed by atoms with Crippen molar-refractivity contribution in [3.05, 3.63) is 67.6 Å². The zero-order valence-electron chi connectivity index (χ0n) is 13.1. The van der Waals surface area contributed by atoms with Crippen LogP contribution in [0, 0.1) is 11.3 Å². The molecule has 0 aliphatic rings. The van der Waals surface area contributed by atoms with Crippen LogP contribution in [0.3, 0.4) is 0 Å². The minimum absolute atomic E-state index is 0.138. The Labute approximate surface area is 163 Å². The number of hydrogen-bond donors (Lipinski definition) is 0. The van der Waals surface area contributed by atoms with Gasteiger partial charge in [-0.05, 0) is 36.4 Å². The van der Waals surface area contributed by atoms with E-state index in [1.54, 1.807) is 36.4 Å². The number of rotatable bonds is 5. The number of carbonyl (C=O) groups is 1. The van der Waals surface area contributed by atoms with Crippen molar-refractivity contribution >= 4 is 51.2 Å². The average molecular weight is 441 g/mol. The molecule has 25 heavy (non-hydrogen) atoms. The fourth-order valence-corrected chi connectivity index (χ4v) is 2.87. The molecule has 0 aliphatic heterocycles. The number of nitrogens with zero attached hydrogens (tertiary/aromatic N) is 1. The van der Waals surface area contributed by atoms with Gasteiger partial charge in [-0.1, -0.05) is 45.2 Å². The number of hydrogen-bond acceptors (Lipinski definition) is 4. The van der Waals surface area contributed by atoms with E-state index in [2.05, 4.69) is 20.7 Å². The highest BCUT2D eigenvalue weighted by Crippen LogP contribution is 2.29. The van der Waals surface area contributed by atoms with Crippen LogP contribution in [0.2, 0.25) is 10.0 Å². The van der Waals surface area contributed by atoms with Gasteiger partial charge in [-0.25, -0.2) is 4.79 Å². The number of benzene rings is 2. The second-order valence-electron chi connectivity index (χ2n) is 4.83. The molecule has 0 aliphatic carbocycles. The summed E-state index contributed by atoms with van der Waals surface area (Å²) in [5.74, 6) is -0.251. The third kappa shape index (κ3) is 4.99. The Hall–Kier alpha value is -2.00. The largest absolute Gasteiger partial charge is 0.488 e. The summed E-state index contributed by atoms with van der Waals surface area (Å²) in [6.45, 7) is 0.140. The Morgan fingerprint density at radius 3 is 2.56 bits per heavy atom. The Bertz CT molecular complexity index is 855. The van der Waals surface area contributed by atoms with E-state index in [9.17, 15) is 4.79 Å². The van der Waals surface area contributed by atoms with Crippen LogP contribution < -0.4 is 4.74 Å². The van der Waals surface area contributed by atoms with Gasteiger partial charge in [-0.15, -0.1) is 0 Å². The normalized spacial score (nSPS) is 10.9. The predicted octanol–water partition coefficient (Wildman–Crippen LogP) is 5.41. The standard InChI is InChI=1S/C18H12BrCl2NO3/c1-24-18(23)12(9-22)7-11-8-13(19)5-6-17(11)25-10-14-15(20)3-2-4-16(14)21/h2-8H,10H2,1H3. The summed E-state index contributed by atoms with van der Waals surface area (Å²) < 4.78 is 11.2. The van der Waals surface area contributed by atoms with Gasteiger partial charge >= 0.3 is 5.97 Å². The smallest absolute Gasteiger partial charge is 0.348 e. The maximum absolute atomic E-state index is 11.6. The van der Waals surface area contributed by atoms with Gasteiger partial charge in [-0.2, -0.15) is 5.26 Å². The molecule has 0 atom stereocenters. The molecule has 2 rings (SSSR count). The average Bonchev–Trinajstić information content (AvgIpc) is 2.60. The molecule has 0 heterocycles. The first-order chi connectivity index (χ1) is 12.0. The quantitative estimate of drug-likeness (QED) is 0.354. The molecule has 128 valence electrons. The van der Waals surface area contributed by atoms with Crippen molar-refractivity contribution in [2.24, 2.45) is 0 Å². The van der Waals surface area contributed by atoms with Gasteiger partial charge in [0.05, 0.1) is 7.11 Å². The van der Waals surface area contributed by atoms with Crippen LogP contribution in [0.25, 0.3) is 6.08 Å². The SMILES string of the molecule is COC(=O)C(C#N)=Cc1cc(Br)ccc1OCc1c(Cl)cccc1Cl. The topological polar surface area (TPSA) is 59.3 Å². The second kappa shape index (κ2) is 8.91. The second-order valence-corrected chi connectivity index (χ2v) is 6.56. The molecule has 0 fully saturated rings. The minimum atomic E-state index is -0.720. The number of halogens is 3. The van der Waals surface area contributed by atoms with E-state index in [0.717, 1.165) is 4.47 Å². The van der Waals surface area contributed by atoms with Crippen molar-refractivity contribution < 1.29 is 14.3 Å². The molecule has 7 heteroatoms. The number of nitriles is 1. The van der Waals surface area contributed by atoms with Crippen LogP contribution in [0.5, 0.6) is 5.75 Å². The Balaban J connectivity index is 2.35. The lowest BCUT2D eigenvalue weighted by Crippen LogP contribution is -2.03.